The molecule has 1 heterocycles. The Labute approximate surface area is 104 Å². The lowest BCUT2D eigenvalue weighted by Crippen LogP contribution is -2.41. The van der Waals surface area contributed by atoms with Crippen LogP contribution >= 0.6 is 0 Å². The molecule has 2 N–H and O–H groups in total. The molecule has 0 bridgehead atoms. The third-order valence-corrected chi connectivity index (χ3v) is 3.86. The van der Waals surface area contributed by atoms with E-state index in [1.807, 2.05) is 12.1 Å². The second-order valence-corrected chi connectivity index (χ2v) is 5.62. The van der Waals surface area contributed by atoms with E-state index in [1.54, 1.807) is 6.26 Å². The van der Waals surface area contributed by atoms with E-state index in [1.165, 1.54) is 19.3 Å². The predicted molar refractivity (Wildman–Crippen MR) is 69.5 cm³/mol. The van der Waals surface area contributed by atoms with Crippen molar-refractivity contribution in [1.82, 2.24) is 4.90 Å². The van der Waals surface area contributed by atoms with Gasteiger partial charge in [-0.2, -0.15) is 0 Å². The average Bonchev–Trinajstić information content (AvgIpc) is 2.76. The lowest BCUT2D eigenvalue weighted by molar-refractivity contribution is 0.171. The summed E-state index contributed by atoms with van der Waals surface area (Å²) in [5.74, 6) is 2.50. The monoisotopic (exact) mass is 236 g/mol. The van der Waals surface area contributed by atoms with Gasteiger partial charge in [0.15, 0.2) is 0 Å². The van der Waals surface area contributed by atoms with Gasteiger partial charge < -0.3 is 10.2 Å². The fourth-order valence-corrected chi connectivity index (χ4v) is 2.87. The molecule has 1 fully saturated rings. The molecule has 0 aliphatic heterocycles. The summed E-state index contributed by atoms with van der Waals surface area (Å²) in [6.07, 6.45) is 5.47. The van der Waals surface area contributed by atoms with Crippen molar-refractivity contribution in [2.45, 2.75) is 38.8 Å². The quantitative estimate of drug-likeness (QED) is 0.873. The first-order valence-corrected chi connectivity index (χ1v) is 6.61. The Hall–Kier alpha value is -0.800. The lowest BCUT2D eigenvalue weighted by Gasteiger charge is -2.34. The van der Waals surface area contributed by atoms with Crippen molar-refractivity contribution in [3.63, 3.8) is 0 Å². The van der Waals surface area contributed by atoms with E-state index in [-0.39, 0.29) is 0 Å². The smallest absolute Gasteiger partial charge is 0.117 e. The maximum atomic E-state index is 6.21. The van der Waals surface area contributed by atoms with E-state index in [0.717, 1.165) is 24.8 Å². The summed E-state index contributed by atoms with van der Waals surface area (Å²) < 4.78 is 5.37. The first-order valence-electron chi connectivity index (χ1n) is 6.61. The van der Waals surface area contributed by atoms with Gasteiger partial charge in [0, 0.05) is 12.6 Å². The van der Waals surface area contributed by atoms with Crippen molar-refractivity contribution in [2.75, 3.05) is 13.6 Å². The summed E-state index contributed by atoms with van der Waals surface area (Å²) in [7, 11) is 2.15. The molecule has 1 aromatic heterocycles. The molecule has 17 heavy (non-hydrogen) atoms. The van der Waals surface area contributed by atoms with E-state index in [4.69, 9.17) is 10.2 Å². The van der Waals surface area contributed by atoms with Crippen molar-refractivity contribution < 1.29 is 4.42 Å². The van der Waals surface area contributed by atoms with Crippen LogP contribution in [0.1, 0.15) is 31.9 Å². The zero-order valence-corrected chi connectivity index (χ0v) is 10.9. The molecule has 3 heteroatoms. The van der Waals surface area contributed by atoms with Crippen LogP contribution in [-0.4, -0.2) is 24.5 Å². The molecule has 96 valence electrons. The summed E-state index contributed by atoms with van der Waals surface area (Å²) in [5.41, 5.74) is 6.21. The molecular weight excluding hydrogens is 212 g/mol. The topological polar surface area (TPSA) is 42.4 Å². The minimum Gasteiger partial charge on any atom is -0.468 e. The number of nitrogens with two attached hydrogens (primary N) is 1. The predicted octanol–water partition coefficient (Wildman–Crippen LogP) is 2.47. The van der Waals surface area contributed by atoms with Crippen LogP contribution in [0.5, 0.6) is 0 Å². The second kappa shape index (κ2) is 5.69. The number of nitrogens with zero attached hydrogens (tertiary/aromatic N) is 1. The normalized spacial score (nSPS) is 29.8. The minimum absolute atomic E-state index is 0.380. The van der Waals surface area contributed by atoms with Crippen LogP contribution in [0.2, 0.25) is 0 Å². The Morgan fingerprint density at radius 2 is 2.29 bits per heavy atom. The SMILES string of the molecule is CC1CCC(N)C(CN(C)Cc2ccco2)C1. The Bertz CT molecular complexity index is 323. The first-order chi connectivity index (χ1) is 8.15. The van der Waals surface area contributed by atoms with E-state index in [9.17, 15) is 0 Å². The number of hydrogen-bond donors (Lipinski definition) is 1. The zero-order chi connectivity index (χ0) is 12.3. The van der Waals surface area contributed by atoms with Gasteiger partial charge in [-0.15, -0.1) is 0 Å². The summed E-state index contributed by atoms with van der Waals surface area (Å²) in [6.45, 7) is 4.29. The minimum atomic E-state index is 0.380. The highest BCUT2D eigenvalue weighted by Gasteiger charge is 2.26. The Morgan fingerprint density at radius 1 is 1.47 bits per heavy atom. The molecule has 3 nitrogen and oxygen atoms in total. The first kappa shape index (κ1) is 12.7. The number of furan rings is 1. The molecular formula is C14H24N2O. The van der Waals surface area contributed by atoms with Crippen molar-refractivity contribution in [1.29, 1.82) is 0 Å². The van der Waals surface area contributed by atoms with Gasteiger partial charge in [-0.05, 0) is 50.3 Å². The standard InChI is InChI=1S/C14H24N2O/c1-11-5-6-14(15)12(8-11)9-16(2)10-13-4-3-7-17-13/h3-4,7,11-12,14H,5-6,8-10,15H2,1-2H3. The van der Waals surface area contributed by atoms with Gasteiger partial charge in [-0.3, -0.25) is 4.90 Å². The zero-order valence-electron chi connectivity index (χ0n) is 10.9. The molecule has 1 saturated carbocycles. The maximum Gasteiger partial charge on any atom is 0.117 e. The Kier molecular flexibility index (Phi) is 4.24. The van der Waals surface area contributed by atoms with Gasteiger partial charge in [0.1, 0.15) is 5.76 Å². The average molecular weight is 236 g/mol. The van der Waals surface area contributed by atoms with Crippen LogP contribution in [-0.2, 0) is 6.54 Å². The summed E-state index contributed by atoms with van der Waals surface area (Å²) in [4.78, 5) is 2.32. The highest BCUT2D eigenvalue weighted by atomic mass is 16.3. The van der Waals surface area contributed by atoms with E-state index >= 15 is 0 Å². The van der Waals surface area contributed by atoms with E-state index in [2.05, 4.69) is 18.9 Å². The van der Waals surface area contributed by atoms with Crippen LogP contribution in [0.25, 0.3) is 0 Å². The molecule has 1 aliphatic rings. The molecule has 0 amide bonds. The van der Waals surface area contributed by atoms with Crippen LogP contribution in [0.3, 0.4) is 0 Å². The van der Waals surface area contributed by atoms with Crippen LogP contribution in [0.15, 0.2) is 22.8 Å². The van der Waals surface area contributed by atoms with Crippen LogP contribution in [0.4, 0.5) is 0 Å². The van der Waals surface area contributed by atoms with Gasteiger partial charge in [-0.1, -0.05) is 6.92 Å². The summed E-state index contributed by atoms with van der Waals surface area (Å²) in [5, 5.41) is 0. The lowest BCUT2D eigenvalue weighted by atomic mass is 9.79. The third-order valence-electron chi connectivity index (χ3n) is 3.86. The summed E-state index contributed by atoms with van der Waals surface area (Å²) in [6, 6.07) is 4.35. The van der Waals surface area contributed by atoms with Crippen molar-refractivity contribution in [3.8, 4) is 0 Å². The molecule has 0 aromatic carbocycles. The van der Waals surface area contributed by atoms with Crippen LogP contribution < -0.4 is 5.73 Å². The van der Waals surface area contributed by atoms with Gasteiger partial charge >= 0.3 is 0 Å². The van der Waals surface area contributed by atoms with Crippen LogP contribution in [0, 0.1) is 11.8 Å². The molecule has 0 saturated heterocycles. The largest absolute Gasteiger partial charge is 0.468 e. The molecule has 1 aliphatic carbocycles. The highest BCUT2D eigenvalue weighted by molar-refractivity contribution is 4.97. The second-order valence-electron chi connectivity index (χ2n) is 5.62. The summed E-state index contributed by atoms with van der Waals surface area (Å²) >= 11 is 0. The Balaban J connectivity index is 1.82. The molecule has 1 aromatic rings. The van der Waals surface area contributed by atoms with E-state index < -0.39 is 0 Å². The van der Waals surface area contributed by atoms with Crippen molar-refractivity contribution in [2.24, 2.45) is 17.6 Å². The molecule has 2 rings (SSSR count). The number of hydrogen-bond acceptors (Lipinski definition) is 3. The molecule has 3 atom stereocenters. The van der Waals surface area contributed by atoms with Crippen molar-refractivity contribution in [3.05, 3.63) is 24.2 Å². The van der Waals surface area contributed by atoms with Gasteiger partial charge in [0.25, 0.3) is 0 Å². The van der Waals surface area contributed by atoms with Gasteiger partial charge in [0.05, 0.1) is 12.8 Å². The van der Waals surface area contributed by atoms with Crippen molar-refractivity contribution >= 4 is 0 Å². The van der Waals surface area contributed by atoms with Gasteiger partial charge in [-0.25, -0.2) is 0 Å². The third kappa shape index (κ3) is 3.58. The van der Waals surface area contributed by atoms with Gasteiger partial charge in [0.2, 0.25) is 0 Å². The highest BCUT2D eigenvalue weighted by Crippen LogP contribution is 2.28. The fraction of sp³-hybridized carbons (Fsp3) is 0.714. The maximum absolute atomic E-state index is 6.21. The Morgan fingerprint density at radius 3 is 3.00 bits per heavy atom. The molecule has 0 radical (unpaired) electrons. The van der Waals surface area contributed by atoms with E-state index in [0.29, 0.717) is 12.0 Å². The number of rotatable bonds is 4. The fourth-order valence-electron chi connectivity index (χ4n) is 2.87. The molecule has 0 spiro atoms. The molecule has 3 unspecified atom stereocenters.